The average molecular weight is 408 g/mol. The smallest absolute Gasteiger partial charge is 0.338 e. The van der Waals surface area contributed by atoms with Crippen LogP contribution in [0.2, 0.25) is 0 Å². The Kier molecular flexibility index (Phi) is 6.21. The first-order valence-corrected chi connectivity index (χ1v) is 10.6. The lowest BCUT2D eigenvalue weighted by molar-refractivity contribution is -0.134. The Morgan fingerprint density at radius 1 is 0.933 bits per heavy atom. The number of para-hydroxylation sites is 2. The fourth-order valence-electron chi connectivity index (χ4n) is 4.25. The van der Waals surface area contributed by atoms with E-state index in [-0.39, 0.29) is 12.5 Å². The molecule has 1 heterocycles. The maximum Gasteiger partial charge on any atom is 0.338 e. The summed E-state index contributed by atoms with van der Waals surface area (Å²) in [5.74, 6) is 0.252. The molecule has 0 atom stereocenters. The highest BCUT2D eigenvalue weighted by Crippen LogP contribution is 2.28. The Hall–Kier alpha value is -3.02. The molecule has 1 fully saturated rings. The zero-order valence-corrected chi connectivity index (χ0v) is 17.4. The van der Waals surface area contributed by atoms with Gasteiger partial charge in [-0.3, -0.25) is 4.79 Å². The van der Waals surface area contributed by atoms with Crippen molar-refractivity contribution in [3.05, 3.63) is 59.2 Å². The number of aryl methyl sites for hydroxylation is 2. The molecular weight excluding hydrogens is 380 g/mol. The van der Waals surface area contributed by atoms with Gasteiger partial charge < -0.3 is 19.3 Å². The lowest BCUT2D eigenvalue weighted by atomic mass is 9.90. The number of hydrogen-bond donors (Lipinski definition) is 0. The van der Waals surface area contributed by atoms with Crippen LogP contribution in [0.15, 0.2) is 42.5 Å². The van der Waals surface area contributed by atoms with Crippen LogP contribution in [-0.4, -0.2) is 56.7 Å². The Labute approximate surface area is 177 Å². The molecule has 0 saturated carbocycles. The average Bonchev–Trinajstić information content (AvgIpc) is 2.82. The van der Waals surface area contributed by atoms with Crippen LogP contribution in [-0.2, 0) is 22.4 Å². The van der Waals surface area contributed by atoms with Gasteiger partial charge in [0.25, 0.3) is 5.91 Å². The molecule has 1 saturated heterocycles. The number of methoxy groups -OCH3 is 1. The number of carbonyl (C=O) groups is 2. The van der Waals surface area contributed by atoms with E-state index in [1.54, 1.807) is 12.0 Å². The molecule has 0 aromatic heterocycles. The number of rotatable bonds is 5. The van der Waals surface area contributed by atoms with Gasteiger partial charge in [0.1, 0.15) is 5.75 Å². The minimum atomic E-state index is -0.426. The number of nitrogens with zero attached hydrogens (tertiary/aromatic N) is 2. The minimum Gasteiger partial charge on any atom is -0.495 e. The van der Waals surface area contributed by atoms with Crippen LogP contribution >= 0.6 is 0 Å². The van der Waals surface area contributed by atoms with E-state index in [0.717, 1.165) is 30.7 Å². The molecule has 0 radical (unpaired) electrons. The molecule has 2 aromatic rings. The van der Waals surface area contributed by atoms with Crippen molar-refractivity contribution in [3.63, 3.8) is 0 Å². The molecule has 0 unspecified atom stereocenters. The molecule has 6 heteroatoms. The third-order valence-corrected chi connectivity index (χ3v) is 5.97. The van der Waals surface area contributed by atoms with Crippen LogP contribution in [0.25, 0.3) is 0 Å². The number of esters is 1. The van der Waals surface area contributed by atoms with Gasteiger partial charge in [-0.2, -0.15) is 0 Å². The van der Waals surface area contributed by atoms with E-state index in [0.29, 0.717) is 31.7 Å². The number of fused-ring (bicyclic) bond motifs is 1. The molecule has 6 nitrogen and oxygen atoms in total. The molecule has 0 N–H and O–H groups in total. The molecule has 30 heavy (non-hydrogen) atoms. The van der Waals surface area contributed by atoms with E-state index in [2.05, 4.69) is 4.90 Å². The third-order valence-electron chi connectivity index (χ3n) is 5.97. The number of carbonyl (C=O) groups excluding carboxylic acids is 2. The van der Waals surface area contributed by atoms with Gasteiger partial charge in [0.15, 0.2) is 6.61 Å². The number of ether oxygens (including phenoxy) is 2. The van der Waals surface area contributed by atoms with Crippen molar-refractivity contribution in [2.75, 3.05) is 44.8 Å². The van der Waals surface area contributed by atoms with Crippen LogP contribution in [0.1, 0.15) is 34.3 Å². The largest absolute Gasteiger partial charge is 0.495 e. The molecule has 4 rings (SSSR count). The van der Waals surface area contributed by atoms with Crippen molar-refractivity contribution in [1.82, 2.24) is 4.90 Å². The molecule has 1 aliphatic heterocycles. The first-order chi connectivity index (χ1) is 14.7. The Morgan fingerprint density at radius 3 is 2.43 bits per heavy atom. The summed E-state index contributed by atoms with van der Waals surface area (Å²) in [6.45, 7) is 2.39. The van der Waals surface area contributed by atoms with Crippen molar-refractivity contribution in [2.45, 2.75) is 25.7 Å². The second kappa shape index (κ2) is 9.20. The fraction of sp³-hybridized carbons (Fsp3) is 0.417. The normalized spacial score (nSPS) is 16.0. The van der Waals surface area contributed by atoms with Crippen LogP contribution in [0, 0.1) is 0 Å². The third kappa shape index (κ3) is 4.42. The van der Waals surface area contributed by atoms with Crippen molar-refractivity contribution in [1.29, 1.82) is 0 Å². The number of amides is 1. The van der Waals surface area contributed by atoms with E-state index in [1.807, 2.05) is 42.5 Å². The van der Waals surface area contributed by atoms with E-state index < -0.39 is 5.97 Å². The van der Waals surface area contributed by atoms with Gasteiger partial charge in [-0.15, -0.1) is 0 Å². The maximum absolute atomic E-state index is 12.5. The first kappa shape index (κ1) is 20.3. The number of piperazine rings is 1. The van der Waals surface area contributed by atoms with Crippen LogP contribution in [0.5, 0.6) is 5.75 Å². The summed E-state index contributed by atoms with van der Waals surface area (Å²) in [5, 5.41) is 0. The summed E-state index contributed by atoms with van der Waals surface area (Å²) < 4.78 is 10.8. The number of hydrogen-bond acceptors (Lipinski definition) is 5. The molecule has 2 aliphatic rings. The minimum absolute atomic E-state index is 0.152. The fourth-order valence-corrected chi connectivity index (χ4v) is 4.25. The van der Waals surface area contributed by atoms with Gasteiger partial charge in [0.05, 0.1) is 18.4 Å². The highest BCUT2D eigenvalue weighted by atomic mass is 16.5. The number of anilines is 1. The predicted molar refractivity (Wildman–Crippen MR) is 115 cm³/mol. The highest BCUT2D eigenvalue weighted by molar-refractivity contribution is 5.91. The Bertz CT molecular complexity index is 919. The molecule has 0 spiro atoms. The summed E-state index contributed by atoms with van der Waals surface area (Å²) >= 11 is 0. The zero-order valence-electron chi connectivity index (χ0n) is 17.4. The summed E-state index contributed by atoms with van der Waals surface area (Å²) in [4.78, 5) is 28.9. The molecule has 0 bridgehead atoms. The van der Waals surface area contributed by atoms with E-state index in [1.165, 1.54) is 17.5 Å². The SMILES string of the molecule is COc1ccccc1N1CCN(C(=O)COC(=O)c2ccc3c(c2)CCCC3)CC1. The second-order valence-electron chi connectivity index (χ2n) is 7.81. The van der Waals surface area contributed by atoms with E-state index in [4.69, 9.17) is 9.47 Å². The van der Waals surface area contributed by atoms with Crippen LogP contribution in [0.4, 0.5) is 5.69 Å². The van der Waals surface area contributed by atoms with Crippen molar-refractivity contribution in [2.24, 2.45) is 0 Å². The van der Waals surface area contributed by atoms with Gasteiger partial charge in [0.2, 0.25) is 0 Å². The van der Waals surface area contributed by atoms with Gasteiger partial charge in [-0.1, -0.05) is 18.2 Å². The quantitative estimate of drug-likeness (QED) is 0.712. The van der Waals surface area contributed by atoms with Crippen LogP contribution < -0.4 is 9.64 Å². The van der Waals surface area contributed by atoms with Gasteiger partial charge in [-0.25, -0.2) is 4.79 Å². The monoisotopic (exact) mass is 408 g/mol. The lowest BCUT2D eigenvalue weighted by Gasteiger charge is -2.36. The highest BCUT2D eigenvalue weighted by Gasteiger charge is 2.24. The van der Waals surface area contributed by atoms with Gasteiger partial charge >= 0.3 is 5.97 Å². The summed E-state index contributed by atoms with van der Waals surface area (Å²) in [7, 11) is 1.66. The molecular formula is C24H28N2O4. The first-order valence-electron chi connectivity index (χ1n) is 10.6. The lowest BCUT2D eigenvalue weighted by Crippen LogP contribution is -2.50. The maximum atomic E-state index is 12.5. The van der Waals surface area contributed by atoms with Gasteiger partial charge in [0, 0.05) is 26.2 Å². The van der Waals surface area contributed by atoms with E-state index >= 15 is 0 Å². The summed E-state index contributed by atoms with van der Waals surface area (Å²) in [6, 6.07) is 13.6. The van der Waals surface area contributed by atoms with Crippen molar-refractivity contribution < 1.29 is 19.1 Å². The standard InChI is InChI=1S/C24H28N2O4/c1-29-22-9-5-4-8-21(22)25-12-14-26(15-13-25)23(27)17-30-24(28)20-11-10-18-6-2-3-7-19(18)16-20/h4-5,8-11,16H,2-3,6-7,12-15,17H2,1H3. The molecule has 158 valence electrons. The summed E-state index contributed by atoms with van der Waals surface area (Å²) in [6.07, 6.45) is 4.44. The predicted octanol–water partition coefficient (Wildman–Crippen LogP) is 3.08. The second-order valence-corrected chi connectivity index (χ2v) is 7.81. The van der Waals surface area contributed by atoms with Gasteiger partial charge in [-0.05, 0) is 61.1 Å². The Balaban J connectivity index is 1.28. The van der Waals surface area contributed by atoms with Crippen molar-refractivity contribution >= 4 is 17.6 Å². The molecule has 1 amide bonds. The summed E-state index contributed by atoms with van der Waals surface area (Å²) in [5.41, 5.74) is 4.12. The number of benzene rings is 2. The van der Waals surface area contributed by atoms with Crippen LogP contribution in [0.3, 0.4) is 0 Å². The van der Waals surface area contributed by atoms with E-state index in [9.17, 15) is 9.59 Å². The topological polar surface area (TPSA) is 59.1 Å². The van der Waals surface area contributed by atoms with Crippen molar-refractivity contribution in [3.8, 4) is 5.75 Å². The molecule has 1 aliphatic carbocycles. The Morgan fingerprint density at radius 2 is 1.67 bits per heavy atom. The molecule has 2 aromatic carbocycles. The zero-order chi connectivity index (χ0) is 20.9.